The molecule has 12 rings (SSSR count). The summed E-state index contributed by atoms with van der Waals surface area (Å²) in [5, 5.41) is 15.6. The molecule has 0 amide bonds. The van der Waals surface area contributed by atoms with Crippen molar-refractivity contribution in [2.24, 2.45) is 0 Å². The second kappa shape index (κ2) is 11.6. The third-order valence-corrected chi connectivity index (χ3v) is 13.7. The lowest BCUT2D eigenvalue weighted by Crippen LogP contribution is -1.91. The van der Waals surface area contributed by atoms with E-state index in [4.69, 9.17) is 0 Å². The maximum Gasteiger partial charge on any atom is 0.0361 e. The summed E-state index contributed by atoms with van der Waals surface area (Å²) in [6.45, 7) is 0. The zero-order chi connectivity index (χ0) is 35.3. The molecule has 0 saturated heterocycles. The van der Waals surface area contributed by atoms with Gasteiger partial charge in [0, 0.05) is 40.3 Å². The first-order valence-corrected chi connectivity index (χ1v) is 20.1. The van der Waals surface area contributed by atoms with Crippen molar-refractivity contribution >= 4 is 106 Å². The van der Waals surface area contributed by atoms with Gasteiger partial charge < -0.3 is 0 Å². The van der Waals surface area contributed by atoms with Gasteiger partial charge in [0.25, 0.3) is 0 Å². The third kappa shape index (κ3) is 4.48. The van der Waals surface area contributed by atoms with Crippen LogP contribution in [0.15, 0.2) is 182 Å². The topological polar surface area (TPSA) is 0 Å². The van der Waals surface area contributed by atoms with Crippen LogP contribution in [-0.4, -0.2) is 0 Å². The molecule has 0 aliphatic heterocycles. The van der Waals surface area contributed by atoms with Crippen LogP contribution in [0.2, 0.25) is 0 Å². The van der Waals surface area contributed by atoms with Crippen LogP contribution in [0.25, 0.3) is 117 Å². The maximum absolute atomic E-state index is 2.45. The van der Waals surface area contributed by atoms with Crippen molar-refractivity contribution in [2.45, 2.75) is 0 Å². The SMILES string of the molecule is c1cc(-c2cccc3ccccc23)cc(-c2c3ccccc3c(-c3ccc4sc5cc6cc7c(cc6cc5c4c3)sc3ccccc37)c3ccccc23)c1. The molecule has 250 valence electrons. The van der Waals surface area contributed by atoms with E-state index in [1.165, 1.54) is 117 Å². The highest BCUT2D eigenvalue weighted by atomic mass is 32.1. The summed E-state index contributed by atoms with van der Waals surface area (Å²) < 4.78 is 5.36. The summed E-state index contributed by atoms with van der Waals surface area (Å²) in [7, 11) is 0. The lowest BCUT2D eigenvalue weighted by atomic mass is 9.85. The quantitative estimate of drug-likeness (QED) is 0.160. The summed E-state index contributed by atoms with van der Waals surface area (Å²) in [6, 6.07) is 68.0. The summed E-state index contributed by atoms with van der Waals surface area (Å²) in [6.07, 6.45) is 0. The third-order valence-electron chi connectivity index (χ3n) is 11.4. The van der Waals surface area contributed by atoms with Crippen molar-refractivity contribution in [1.29, 1.82) is 0 Å². The smallest absolute Gasteiger partial charge is 0.0361 e. The van der Waals surface area contributed by atoms with Crippen LogP contribution in [0.4, 0.5) is 0 Å². The molecule has 0 spiro atoms. The van der Waals surface area contributed by atoms with E-state index in [2.05, 4.69) is 182 Å². The first kappa shape index (κ1) is 30.2. The molecule has 10 aromatic carbocycles. The Labute approximate surface area is 319 Å². The van der Waals surface area contributed by atoms with Gasteiger partial charge >= 0.3 is 0 Å². The van der Waals surface area contributed by atoms with Crippen LogP contribution in [-0.2, 0) is 0 Å². The van der Waals surface area contributed by atoms with Crippen molar-refractivity contribution in [3.8, 4) is 33.4 Å². The molecule has 0 aliphatic rings. The van der Waals surface area contributed by atoms with Crippen molar-refractivity contribution in [2.75, 3.05) is 0 Å². The normalized spacial score (nSPS) is 12.1. The second-order valence-corrected chi connectivity index (χ2v) is 16.6. The molecule has 0 nitrogen and oxygen atoms in total. The highest BCUT2D eigenvalue weighted by Crippen LogP contribution is 2.47. The number of benzene rings is 10. The van der Waals surface area contributed by atoms with Gasteiger partial charge in [0.15, 0.2) is 0 Å². The minimum absolute atomic E-state index is 1.23. The Kier molecular flexibility index (Phi) is 6.48. The molecule has 0 aliphatic carbocycles. The average molecular weight is 719 g/mol. The van der Waals surface area contributed by atoms with Crippen LogP contribution in [0.1, 0.15) is 0 Å². The summed E-state index contributed by atoms with van der Waals surface area (Å²) in [5.74, 6) is 0. The number of thiophene rings is 2. The van der Waals surface area contributed by atoms with E-state index >= 15 is 0 Å². The van der Waals surface area contributed by atoms with Crippen molar-refractivity contribution in [3.63, 3.8) is 0 Å². The number of fused-ring (bicyclic) bond motifs is 10. The van der Waals surface area contributed by atoms with E-state index < -0.39 is 0 Å². The predicted molar refractivity (Wildman–Crippen MR) is 239 cm³/mol. The second-order valence-electron chi connectivity index (χ2n) is 14.4. The highest BCUT2D eigenvalue weighted by molar-refractivity contribution is 7.26. The monoisotopic (exact) mass is 718 g/mol. The fourth-order valence-electron chi connectivity index (χ4n) is 8.97. The molecule has 0 atom stereocenters. The lowest BCUT2D eigenvalue weighted by Gasteiger charge is -2.18. The minimum Gasteiger partial charge on any atom is -0.135 e. The Balaban J connectivity index is 1.07. The Bertz CT molecular complexity index is 3440. The van der Waals surface area contributed by atoms with E-state index in [9.17, 15) is 0 Å². The lowest BCUT2D eigenvalue weighted by molar-refractivity contribution is 1.63. The zero-order valence-electron chi connectivity index (χ0n) is 29.1. The Morgan fingerprint density at radius 1 is 0.241 bits per heavy atom. The van der Waals surface area contributed by atoms with Gasteiger partial charge in [-0.15, -0.1) is 22.7 Å². The van der Waals surface area contributed by atoms with Crippen LogP contribution >= 0.6 is 22.7 Å². The fourth-order valence-corrected chi connectivity index (χ4v) is 11.2. The van der Waals surface area contributed by atoms with Gasteiger partial charge in [-0.2, -0.15) is 0 Å². The summed E-state index contributed by atoms with van der Waals surface area (Å²) >= 11 is 3.79. The average Bonchev–Trinajstić information content (AvgIpc) is 3.77. The fraction of sp³-hybridized carbons (Fsp3) is 0. The van der Waals surface area contributed by atoms with E-state index in [-0.39, 0.29) is 0 Å². The molecule has 0 radical (unpaired) electrons. The van der Waals surface area contributed by atoms with Crippen LogP contribution in [0, 0.1) is 0 Å². The molecule has 2 heteroatoms. The maximum atomic E-state index is 2.45. The van der Waals surface area contributed by atoms with Crippen molar-refractivity contribution < 1.29 is 0 Å². The van der Waals surface area contributed by atoms with Gasteiger partial charge in [0.1, 0.15) is 0 Å². The van der Waals surface area contributed by atoms with Gasteiger partial charge in [-0.25, -0.2) is 0 Å². The molecule has 0 bridgehead atoms. The molecule has 2 heterocycles. The minimum atomic E-state index is 1.23. The molecular weight excluding hydrogens is 689 g/mol. The van der Waals surface area contributed by atoms with E-state index in [0.717, 1.165) is 0 Å². The van der Waals surface area contributed by atoms with Crippen molar-refractivity contribution in [1.82, 2.24) is 0 Å². The van der Waals surface area contributed by atoms with E-state index in [1.54, 1.807) is 0 Å². The van der Waals surface area contributed by atoms with Crippen molar-refractivity contribution in [3.05, 3.63) is 182 Å². The molecule has 0 unspecified atom stereocenters. The van der Waals surface area contributed by atoms with Gasteiger partial charge in [-0.05, 0) is 125 Å². The Hall–Kier alpha value is -6.32. The van der Waals surface area contributed by atoms with Crippen LogP contribution < -0.4 is 0 Å². The summed E-state index contributed by atoms with van der Waals surface area (Å²) in [5.41, 5.74) is 7.57. The highest BCUT2D eigenvalue weighted by Gasteiger charge is 2.19. The van der Waals surface area contributed by atoms with E-state index in [1.807, 2.05) is 22.7 Å². The summed E-state index contributed by atoms with van der Waals surface area (Å²) in [4.78, 5) is 0. The van der Waals surface area contributed by atoms with Gasteiger partial charge in [0.2, 0.25) is 0 Å². The molecule has 54 heavy (non-hydrogen) atoms. The predicted octanol–water partition coefficient (Wildman–Crippen LogP) is 16.0. The first-order chi connectivity index (χ1) is 26.7. The largest absolute Gasteiger partial charge is 0.135 e. The van der Waals surface area contributed by atoms with Gasteiger partial charge in [-0.1, -0.05) is 133 Å². The molecule has 2 aromatic heterocycles. The van der Waals surface area contributed by atoms with Gasteiger partial charge in [-0.3, -0.25) is 0 Å². The Morgan fingerprint density at radius 2 is 0.722 bits per heavy atom. The standard InChI is InChI=1S/C52H30S2/c1-2-15-37-31(11-1)12-10-21-38(37)32-13-9-14-33(25-32)51-40-17-3-5-19-42(40)52(43-20-6-4-18-41(43)51)34-23-24-48-45(26-34)46-28-36-29-49-44(27-35(36)30-50(46)54-48)39-16-7-8-22-47(39)53-49/h1-30H. The first-order valence-electron chi connectivity index (χ1n) is 18.5. The molecular formula is C52H30S2. The van der Waals surface area contributed by atoms with Crippen LogP contribution in [0.5, 0.6) is 0 Å². The Morgan fingerprint density at radius 3 is 1.41 bits per heavy atom. The van der Waals surface area contributed by atoms with Crippen LogP contribution in [0.3, 0.4) is 0 Å². The number of rotatable bonds is 3. The zero-order valence-corrected chi connectivity index (χ0v) is 30.8. The number of hydrogen-bond donors (Lipinski definition) is 0. The molecule has 0 N–H and O–H groups in total. The van der Waals surface area contributed by atoms with Gasteiger partial charge in [0.05, 0.1) is 0 Å². The molecule has 0 fully saturated rings. The molecule has 0 saturated carbocycles. The van der Waals surface area contributed by atoms with E-state index in [0.29, 0.717) is 0 Å². The number of hydrogen-bond acceptors (Lipinski definition) is 2. The molecule has 12 aromatic rings.